The first kappa shape index (κ1) is 8.93. The third kappa shape index (κ3) is 1.92. The number of aliphatic hydroxyl groups is 1. The van der Waals surface area contributed by atoms with Crippen LogP contribution in [-0.4, -0.2) is 28.8 Å². The number of hydrogen-bond acceptors (Lipinski definition) is 4. The highest BCUT2D eigenvalue weighted by molar-refractivity contribution is 5.11. The molecule has 0 spiro atoms. The molecule has 0 bridgehead atoms. The second-order valence-corrected chi connectivity index (χ2v) is 2.57. The SMILES string of the molecule is COc1cncc(C(C)CO)n1. The van der Waals surface area contributed by atoms with E-state index >= 15 is 0 Å². The Morgan fingerprint density at radius 1 is 1.58 bits per heavy atom. The average Bonchev–Trinajstić information content (AvgIpc) is 2.17. The molecule has 0 saturated carbocycles. The first-order valence-corrected chi connectivity index (χ1v) is 3.74. The number of aromatic nitrogens is 2. The van der Waals surface area contributed by atoms with Crippen molar-refractivity contribution in [1.82, 2.24) is 9.97 Å². The Kier molecular flexibility index (Phi) is 2.99. The summed E-state index contributed by atoms with van der Waals surface area (Å²) in [6.45, 7) is 1.95. The third-order valence-corrected chi connectivity index (χ3v) is 1.62. The summed E-state index contributed by atoms with van der Waals surface area (Å²) in [6.07, 6.45) is 3.16. The molecule has 1 rings (SSSR count). The Morgan fingerprint density at radius 2 is 2.33 bits per heavy atom. The van der Waals surface area contributed by atoms with E-state index in [1.807, 2.05) is 6.92 Å². The van der Waals surface area contributed by atoms with E-state index in [4.69, 9.17) is 9.84 Å². The van der Waals surface area contributed by atoms with Gasteiger partial charge >= 0.3 is 0 Å². The van der Waals surface area contributed by atoms with Crippen molar-refractivity contribution in [3.8, 4) is 5.88 Å². The van der Waals surface area contributed by atoms with E-state index < -0.39 is 0 Å². The molecule has 12 heavy (non-hydrogen) atoms. The van der Waals surface area contributed by atoms with Crippen molar-refractivity contribution in [1.29, 1.82) is 0 Å². The lowest BCUT2D eigenvalue weighted by Gasteiger charge is -2.06. The minimum atomic E-state index is 0.00704. The largest absolute Gasteiger partial charge is 0.480 e. The first-order valence-electron chi connectivity index (χ1n) is 3.74. The highest BCUT2D eigenvalue weighted by atomic mass is 16.5. The lowest BCUT2D eigenvalue weighted by molar-refractivity contribution is 0.269. The van der Waals surface area contributed by atoms with Crippen molar-refractivity contribution in [3.63, 3.8) is 0 Å². The number of hydrogen-bond donors (Lipinski definition) is 1. The maximum absolute atomic E-state index is 8.84. The molecule has 0 aromatic carbocycles. The molecule has 1 atom stereocenters. The Hall–Kier alpha value is -1.16. The van der Waals surface area contributed by atoms with E-state index in [1.165, 1.54) is 13.3 Å². The number of nitrogens with zero attached hydrogens (tertiary/aromatic N) is 2. The molecule has 4 heteroatoms. The summed E-state index contributed by atoms with van der Waals surface area (Å²) >= 11 is 0. The van der Waals surface area contributed by atoms with Gasteiger partial charge in [0.05, 0.1) is 25.6 Å². The number of ether oxygens (including phenoxy) is 1. The standard InChI is InChI=1S/C8H12N2O2/c1-6(5-11)7-3-9-4-8(10-7)12-2/h3-4,6,11H,5H2,1-2H3. The molecule has 0 aliphatic heterocycles. The Labute approximate surface area is 71.2 Å². The predicted molar refractivity (Wildman–Crippen MR) is 44.1 cm³/mol. The van der Waals surface area contributed by atoms with Crippen molar-refractivity contribution in [3.05, 3.63) is 18.1 Å². The molecule has 1 aromatic heterocycles. The summed E-state index contributed by atoms with van der Waals surface area (Å²) in [5.74, 6) is 0.486. The van der Waals surface area contributed by atoms with Crippen LogP contribution in [0.5, 0.6) is 5.88 Å². The molecule has 0 aliphatic carbocycles. The van der Waals surface area contributed by atoms with Gasteiger partial charge in [0.25, 0.3) is 0 Å². The summed E-state index contributed by atoms with van der Waals surface area (Å²) in [7, 11) is 1.54. The fourth-order valence-corrected chi connectivity index (χ4v) is 0.792. The molecule has 66 valence electrons. The lowest BCUT2D eigenvalue weighted by atomic mass is 10.1. The molecule has 1 aromatic rings. The van der Waals surface area contributed by atoms with Crippen LogP contribution in [0.4, 0.5) is 0 Å². The molecule has 0 saturated heterocycles. The van der Waals surface area contributed by atoms with Gasteiger partial charge in [-0.15, -0.1) is 0 Å². The van der Waals surface area contributed by atoms with Crippen LogP contribution < -0.4 is 4.74 Å². The van der Waals surface area contributed by atoms with Crippen LogP contribution in [-0.2, 0) is 0 Å². The minimum Gasteiger partial charge on any atom is -0.480 e. The quantitative estimate of drug-likeness (QED) is 0.717. The van der Waals surface area contributed by atoms with E-state index in [-0.39, 0.29) is 12.5 Å². The van der Waals surface area contributed by atoms with Gasteiger partial charge in [-0.2, -0.15) is 0 Å². The molecule has 0 fully saturated rings. The second kappa shape index (κ2) is 4.01. The fourth-order valence-electron chi connectivity index (χ4n) is 0.792. The van der Waals surface area contributed by atoms with Crippen LogP contribution in [0, 0.1) is 0 Å². The molecule has 1 unspecified atom stereocenters. The van der Waals surface area contributed by atoms with Crippen LogP contribution in [0.15, 0.2) is 12.4 Å². The third-order valence-electron chi connectivity index (χ3n) is 1.62. The molecule has 1 N–H and O–H groups in total. The maximum Gasteiger partial charge on any atom is 0.232 e. The van der Waals surface area contributed by atoms with Gasteiger partial charge < -0.3 is 9.84 Å². The number of methoxy groups -OCH3 is 1. The van der Waals surface area contributed by atoms with Crippen LogP contribution in [0.1, 0.15) is 18.5 Å². The second-order valence-electron chi connectivity index (χ2n) is 2.57. The van der Waals surface area contributed by atoms with Gasteiger partial charge in [-0.3, -0.25) is 4.98 Å². The monoisotopic (exact) mass is 168 g/mol. The normalized spacial score (nSPS) is 12.6. The highest BCUT2D eigenvalue weighted by Crippen LogP contribution is 2.13. The Bertz CT molecular complexity index is 253. The van der Waals surface area contributed by atoms with E-state index in [0.29, 0.717) is 5.88 Å². The van der Waals surface area contributed by atoms with Crippen LogP contribution >= 0.6 is 0 Å². The number of aliphatic hydroxyl groups excluding tert-OH is 1. The summed E-state index contributed by atoms with van der Waals surface area (Å²) in [5.41, 5.74) is 0.747. The van der Waals surface area contributed by atoms with Crippen molar-refractivity contribution in [2.45, 2.75) is 12.8 Å². The van der Waals surface area contributed by atoms with Crippen LogP contribution in [0.3, 0.4) is 0 Å². The van der Waals surface area contributed by atoms with Gasteiger partial charge in [0.15, 0.2) is 0 Å². The summed E-state index contributed by atoms with van der Waals surface area (Å²) in [4.78, 5) is 8.04. The van der Waals surface area contributed by atoms with E-state index in [2.05, 4.69) is 9.97 Å². The average molecular weight is 168 g/mol. The van der Waals surface area contributed by atoms with Gasteiger partial charge in [0.2, 0.25) is 5.88 Å². The van der Waals surface area contributed by atoms with Crippen molar-refractivity contribution >= 4 is 0 Å². The zero-order chi connectivity index (χ0) is 8.97. The van der Waals surface area contributed by atoms with E-state index in [9.17, 15) is 0 Å². The molecule has 1 heterocycles. The van der Waals surface area contributed by atoms with E-state index in [0.717, 1.165) is 5.69 Å². The van der Waals surface area contributed by atoms with Crippen molar-refractivity contribution in [2.75, 3.05) is 13.7 Å². The van der Waals surface area contributed by atoms with Crippen molar-refractivity contribution < 1.29 is 9.84 Å². The Morgan fingerprint density at radius 3 is 2.92 bits per heavy atom. The van der Waals surface area contributed by atoms with Gasteiger partial charge in [0, 0.05) is 12.1 Å². The molecular formula is C8H12N2O2. The van der Waals surface area contributed by atoms with E-state index in [1.54, 1.807) is 6.20 Å². The van der Waals surface area contributed by atoms with Gasteiger partial charge in [0.1, 0.15) is 0 Å². The topological polar surface area (TPSA) is 55.2 Å². The molecular weight excluding hydrogens is 156 g/mol. The summed E-state index contributed by atoms with van der Waals surface area (Å²) < 4.78 is 4.89. The molecule has 0 radical (unpaired) electrons. The van der Waals surface area contributed by atoms with Crippen molar-refractivity contribution in [2.24, 2.45) is 0 Å². The van der Waals surface area contributed by atoms with Gasteiger partial charge in [-0.05, 0) is 0 Å². The van der Waals surface area contributed by atoms with Crippen LogP contribution in [0.25, 0.3) is 0 Å². The van der Waals surface area contributed by atoms with Gasteiger partial charge in [-0.1, -0.05) is 6.92 Å². The fraction of sp³-hybridized carbons (Fsp3) is 0.500. The van der Waals surface area contributed by atoms with Gasteiger partial charge in [-0.25, -0.2) is 4.98 Å². The lowest BCUT2D eigenvalue weighted by Crippen LogP contribution is -2.03. The minimum absolute atomic E-state index is 0.00704. The predicted octanol–water partition coefficient (Wildman–Crippen LogP) is 0.581. The summed E-state index contributed by atoms with van der Waals surface area (Å²) in [6, 6.07) is 0. The first-order chi connectivity index (χ1) is 5.77. The smallest absolute Gasteiger partial charge is 0.232 e. The molecule has 0 amide bonds. The maximum atomic E-state index is 8.84. The number of rotatable bonds is 3. The van der Waals surface area contributed by atoms with Crippen LogP contribution in [0.2, 0.25) is 0 Å². The highest BCUT2D eigenvalue weighted by Gasteiger charge is 2.06. The summed E-state index contributed by atoms with van der Waals surface area (Å²) in [5, 5.41) is 8.84. The molecule has 4 nitrogen and oxygen atoms in total. The zero-order valence-corrected chi connectivity index (χ0v) is 7.19. The Balaban J connectivity index is 2.86. The zero-order valence-electron chi connectivity index (χ0n) is 7.19. The molecule has 0 aliphatic rings.